The molecular weight excluding hydrogens is 310 g/mol. The highest BCUT2D eigenvalue weighted by atomic mass is 79.9. The van der Waals surface area contributed by atoms with Crippen molar-refractivity contribution in [2.75, 3.05) is 26.2 Å². The van der Waals surface area contributed by atoms with Gasteiger partial charge in [0.2, 0.25) is 0 Å². The van der Waals surface area contributed by atoms with Crippen LogP contribution in [0.15, 0.2) is 22.7 Å². The van der Waals surface area contributed by atoms with E-state index in [9.17, 15) is 0 Å². The highest BCUT2D eigenvalue weighted by Gasteiger charge is 2.12. The van der Waals surface area contributed by atoms with E-state index < -0.39 is 0 Å². The average molecular weight is 332 g/mol. The molecule has 1 aromatic rings. The van der Waals surface area contributed by atoms with Crippen LogP contribution in [-0.4, -0.2) is 37.1 Å². The highest BCUT2D eigenvalue weighted by molar-refractivity contribution is 9.10. The molecule has 102 valence electrons. The summed E-state index contributed by atoms with van der Waals surface area (Å²) < 4.78 is 6.27. The Morgan fingerprint density at radius 3 is 2.67 bits per heavy atom. The molecule has 1 unspecified atom stereocenters. The van der Waals surface area contributed by atoms with E-state index in [1.807, 2.05) is 17.8 Å². The van der Waals surface area contributed by atoms with E-state index in [2.05, 4.69) is 53.2 Å². The molecule has 4 heteroatoms. The first-order valence-corrected chi connectivity index (χ1v) is 8.32. The summed E-state index contributed by atoms with van der Waals surface area (Å²) in [5.74, 6) is 2.07. The van der Waals surface area contributed by atoms with Crippen LogP contribution in [0.3, 0.4) is 0 Å². The van der Waals surface area contributed by atoms with E-state index in [1.165, 1.54) is 17.7 Å². The van der Waals surface area contributed by atoms with Crippen molar-refractivity contribution in [1.82, 2.24) is 4.90 Å². The van der Waals surface area contributed by atoms with Gasteiger partial charge >= 0.3 is 0 Å². The van der Waals surface area contributed by atoms with Crippen LogP contribution in [0.4, 0.5) is 0 Å². The molecule has 1 aromatic carbocycles. The summed E-state index contributed by atoms with van der Waals surface area (Å²) in [6.07, 6.45) is 3.36. The van der Waals surface area contributed by atoms with Crippen molar-refractivity contribution >= 4 is 27.7 Å². The molecule has 1 atom stereocenters. The fraction of sp³-hybridized carbons (Fsp3) is 0.571. The van der Waals surface area contributed by atoms with E-state index in [0.717, 1.165) is 16.8 Å². The predicted molar refractivity (Wildman–Crippen MR) is 84.6 cm³/mol. The maximum atomic E-state index is 5.25. The lowest BCUT2D eigenvalue weighted by Crippen LogP contribution is -2.32. The van der Waals surface area contributed by atoms with Crippen LogP contribution in [0, 0.1) is 0 Å². The maximum absolute atomic E-state index is 5.25. The predicted octanol–water partition coefficient (Wildman–Crippen LogP) is 4.03. The molecule has 2 nitrogen and oxygen atoms in total. The van der Waals surface area contributed by atoms with Crippen LogP contribution in [0.1, 0.15) is 18.9 Å². The zero-order valence-corrected chi connectivity index (χ0v) is 14.0. The minimum atomic E-state index is 0.640. The molecule has 0 saturated carbocycles. The van der Waals surface area contributed by atoms with Gasteiger partial charge in [0, 0.05) is 18.3 Å². The molecule has 18 heavy (non-hydrogen) atoms. The van der Waals surface area contributed by atoms with Gasteiger partial charge in [-0.3, -0.25) is 4.90 Å². The zero-order chi connectivity index (χ0) is 13.5. The molecule has 0 aliphatic heterocycles. The number of nitrogens with zero attached hydrogens (tertiary/aromatic N) is 1. The van der Waals surface area contributed by atoms with Gasteiger partial charge in [0.15, 0.2) is 0 Å². The summed E-state index contributed by atoms with van der Waals surface area (Å²) in [4.78, 5) is 2.42. The number of ether oxygens (including phenoxy) is 1. The Morgan fingerprint density at radius 1 is 1.44 bits per heavy atom. The minimum Gasteiger partial charge on any atom is -0.496 e. The molecule has 0 aliphatic carbocycles. The van der Waals surface area contributed by atoms with Crippen LogP contribution < -0.4 is 4.74 Å². The quantitative estimate of drug-likeness (QED) is 0.748. The Labute approximate surface area is 123 Å². The number of rotatable bonds is 7. The Kier molecular flexibility index (Phi) is 7.12. The third-order valence-corrected chi connectivity index (χ3v) is 4.44. The van der Waals surface area contributed by atoms with E-state index in [0.29, 0.717) is 6.04 Å². The summed E-state index contributed by atoms with van der Waals surface area (Å²) in [5, 5.41) is 0. The van der Waals surface area contributed by atoms with Crippen molar-refractivity contribution in [3.05, 3.63) is 28.2 Å². The summed E-state index contributed by atoms with van der Waals surface area (Å²) in [6.45, 7) is 3.23. The van der Waals surface area contributed by atoms with E-state index in [-0.39, 0.29) is 0 Å². The summed E-state index contributed by atoms with van der Waals surface area (Å²) in [5.41, 5.74) is 1.31. The van der Waals surface area contributed by atoms with Gasteiger partial charge in [-0.25, -0.2) is 0 Å². The number of halogens is 1. The Hall–Kier alpha value is -0.190. The van der Waals surface area contributed by atoms with Crippen molar-refractivity contribution in [1.29, 1.82) is 0 Å². The van der Waals surface area contributed by atoms with Gasteiger partial charge in [-0.2, -0.15) is 11.8 Å². The first-order valence-electron chi connectivity index (χ1n) is 6.14. The van der Waals surface area contributed by atoms with Crippen LogP contribution in [-0.2, 0) is 6.54 Å². The molecule has 0 spiro atoms. The number of methoxy groups -OCH3 is 1. The van der Waals surface area contributed by atoms with Crippen molar-refractivity contribution in [2.24, 2.45) is 0 Å². The standard InChI is InChI=1S/C14H22BrNOS/c1-5-12(10-18-4)16(2)9-11-6-7-14(17-3)13(15)8-11/h6-8,12H,5,9-10H2,1-4H3. The fourth-order valence-corrected chi connectivity index (χ4v) is 3.44. The van der Waals surface area contributed by atoms with Gasteiger partial charge in [0.05, 0.1) is 11.6 Å². The second-order valence-corrected chi connectivity index (χ2v) is 6.17. The Morgan fingerprint density at radius 2 is 2.17 bits per heavy atom. The van der Waals surface area contributed by atoms with Crippen molar-refractivity contribution in [3.63, 3.8) is 0 Å². The van der Waals surface area contributed by atoms with Crippen LogP contribution >= 0.6 is 27.7 Å². The molecule has 0 fully saturated rings. The second-order valence-electron chi connectivity index (χ2n) is 4.40. The molecule has 0 bridgehead atoms. The number of thioether (sulfide) groups is 1. The van der Waals surface area contributed by atoms with Crippen LogP contribution in [0.25, 0.3) is 0 Å². The summed E-state index contributed by atoms with van der Waals surface area (Å²) in [7, 11) is 3.89. The lowest BCUT2D eigenvalue weighted by molar-refractivity contribution is 0.248. The van der Waals surface area contributed by atoms with Crippen LogP contribution in [0.2, 0.25) is 0 Å². The van der Waals surface area contributed by atoms with Gasteiger partial charge in [-0.05, 0) is 53.4 Å². The lowest BCUT2D eigenvalue weighted by atomic mass is 10.1. The molecule has 0 amide bonds. The summed E-state index contributed by atoms with van der Waals surface area (Å²) >= 11 is 5.45. The monoisotopic (exact) mass is 331 g/mol. The molecule has 0 saturated heterocycles. The lowest BCUT2D eigenvalue weighted by Gasteiger charge is -2.26. The third kappa shape index (κ3) is 4.48. The van der Waals surface area contributed by atoms with Crippen molar-refractivity contribution in [2.45, 2.75) is 25.9 Å². The van der Waals surface area contributed by atoms with E-state index >= 15 is 0 Å². The molecule has 0 heterocycles. The second kappa shape index (κ2) is 8.08. The van der Waals surface area contributed by atoms with Crippen molar-refractivity contribution in [3.8, 4) is 5.75 Å². The molecule has 0 N–H and O–H groups in total. The first kappa shape index (κ1) is 15.9. The highest BCUT2D eigenvalue weighted by Crippen LogP contribution is 2.26. The maximum Gasteiger partial charge on any atom is 0.133 e. The minimum absolute atomic E-state index is 0.640. The summed E-state index contributed by atoms with van der Waals surface area (Å²) in [6, 6.07) is 6.93. The third-order valence-electron chi connectivity index (χ3n) is 3.10. The zero-order valence-electron chi connectivity index (χ0n) is 11.6. The van der Waals surface area contributed by atoms with Gasteiger partial charge in [-0.15, -0.1) is 0 Å². The average Bonchev–Trinajstić information content (AvgIpc) is 2.36. The SMILES string of the molecule is CCC(CSC)N(C)Cc1ccc(OC)c(Br)c1. The van der Waals surface area contributed by atoms with Gasteiger partial charge in [-0.1, -0.05) is 13.0 Å². The molecule has 1 rings (SSSR count). The van der Waals surface area contributed by atoms with Crippen LogP contribution in [0.5, 0.6) is 5.75 Å². The van der Waals surface area contributed by atoms with Gasteiger partial charge < -0.3 is 4.74 Å². The fourth-order valence-electron chi connectivity index (χ4n) is 1.97. The normalized spacial score (nSPS) is 12.8. The number of hydrogen-bond acceptors (Lipinski definition) is 3. The largest absolute Gasteiger partial charge is 0.496 e. The molecule has 0 radical (unpaired) electrons. The number of hydrogen-bond donors (Lipinski definition) is 0. The van der Waals surface area contributed by atoms with Gasteiger partial charge in [0.25, 0.3) is 0 Å². The Balaban J connectivity index is 2.68. The van der Waals surface area contributed by atoms with Crippen molar-refractivity contribution < 1.29 is 4.74 Å². The number of benzene rings is 1. The first-order chi connectivity index (χ1) is 8.62. The van der Waals surface area contributed by atoms with E-state index in [1.54, 1.807) is 7.11 Å². The molecule has 0 aliphatic rings. The molecular formula is C14H22BrNOS. The van der Waals surface area contributed by atoms with E-state index in [4.69, 9.17) is 4.74 Å². The van der Waals surface area contributed by atoms with Gasteiger partial charge in [0.1, 0.15) is 5.75 Å². The molecule has 0 aromatic heterocycles. The smallest absolute Gasteiger partial charge is 0.133 e. The topological polar surface area (TPSA) is 12.5 Å². The Bertz CT molecular complexity index is 373.